The average molecular weight is 286 g/mol. The Morgan fingerprint density at radius 2 is 1.95 bits per heavy atom. The Morgan fingerprint density at radius 3 is 2.57 bits per heavy atom. The number of non-ortho nitro benzene ring substituents is 1. The monoisotopic (exact) mass is 286 g/mol. The van der Waals surface area contributed by atoms with Crippen LogP contribution in [0.25, 0.3) is 0 Å². The van der Waals surface area contributed by atoms with E-state index < -0.39 is 0 Å². The quantitative estimate of drug-likeness (QED) is 0.629. The van der Waals surface area contributed by atoms with Crippen LogP contribution >= 0.6 is 0 Å². The minimum absolute atomic E-state index is 0.0544. The van der Waals surface area contributed by atoms with E-state index in [0.717, 1.165) is 17.5 Å². The number of aromatic hydroxyl groups is 1. The molecule has 0 spiro atoms. The van der Waals surface area contributed by atoms with Gasteiger partial charge in [-0.3, -0.25) is 10.1 Å². The number of nitro groups is 1. The highest BCUT2D eigenvalue weighted by atomic mass is 16.6. The number of nitrogens with one attached hydrogen (secondary N) is 1. The first-order valence-electron chi connectivity index (χ1n) is 6.85. The SMILES string of the molecule is CCC(NCc1ccc(O)cc1)c1cccc([N+](=O)[O-])c1. The largest absolute Gasteiger partial charge is 0.508 e. The van der Waals surface area contributed by atoms with E-state index in [1.807, 2.05) is 25.1 Å². The van der Waals surface area contributed by atoms with E-state index in [1.54, 1.807) is 24.3 Å². The topological polar surface area (TPSA) is 75.4 Å². The summed E-state index contributed by atoms with van der Waals surface area (Å²) in [6.45, 7) is 2.68. The van der Waals surface area contributed by atoms with Gasteiger partial charge in [-0.15, -0.1) is 0 Å². The molecule has 1 atom stereocenters. The zero-order chi connectivity index (χ0) is 15.2. The molecule has 0 aromatic heterocycles. The molecular formula is C16H18N2O3. The van der Waals surface area contributed by atoms with Crippen molar-refractivity contribution in [2.45, 2.75) is 25.9 Å². The summed E-state index contributed by atoms with van der Waals surface area (Å²) in [6.07, 6.45) is 0.833. The van der Waals surface area contributed by atoms with E-state index in [9.17, 15) is 15.2 Å². The van der Waals surface area contributed by atoms with Gasteiger partial charge in [-0.1, -0.05) is 31.2 Å². The van der Waals surface area contributed by atoms with E-state index >= 15 is 0 Å². The molecule has 0 aliphatic heterocycles. The minimum atomic E-state index is -0.379. The van der Waals surface area contributed by atoms with Gasteiger partial charge in [0, 0.05) is 24.7 Å². The first-order chi connectivity index (χ1) is 10.1. The molecule has 0 radical (unpaired) electrons. The Balaban J connectivity index is 2.07. The molecule has 5 heteroatoms. The lowest BCUT2D eigenvalue weighted by molar-refractivity contribution is -0.384. The van der Waals surface area contributed by atoms with Gasteiger partial charge in [-0.2, -0.15) is 0 Å². The molecule has 5 nitrogen and oxygen atoms in total. The van der Waals surface area contributed by atoms with Crippen molar-refractivity contribution in [1.82, 2.24) is 5.32 Å². The number of phenols is 1. The highest BCUT2D eigenvalue weighted by Gasteiger charge is 2.13. The molecule has 2 N–H and O–H groups in total. The van der Waals surface area contributed by atoms with Gasteiger partial charge in [0.15, 0.2) is 0 Å². The third-order valence-corrected chi connectivity index (χ3v) is 3.38. The zero-order valence-corrected chi connectivity index (χ0v) is 11.8. The summed E-state index contributed by atoms with van der Waals surface area (Å²) >= 11 is 0. The Labute approximate surface area is 123 Å². The zero-order valence-electron chi connectivity index (χ0n) is 11.8. The van der Waals surface area contributed by atoms with Crippen LogP contribution < -0.4 is 5.32 Å². The molecule has 2 aromatic rings. The molecule has 0 aliphatic rings. The first-order valence-corrected chi connectivity index (χ1v) is 6.85. The first kappa shape index (κ1) is 15.0. The van der Waals surface area contributed by atoms with Crippen LogP contribution in [0.2, 0.25) is 0 Å². The Morgan fingerprint density at radius 1 is 1.24 bits per heavy atom. The van der Waals surface area contributed by atoms with Crippen molar-refractivity contribution >= 4 is 5.69 Å². The van der Waals surface area contributed by atoms with Gasteiger partial charge < -0.3 is 10.4 Å². The molecule has 0 heterocycles. The summed E-state index contributed by atoms with van der Waals surface area (Å²) in [7, 11) is 0. The van der Waals surface area contributed by atoms with E-state index in [-0.39, 0.29) is 22.4 Å². The highest BCUT2D eigenvalue weighted by Crippen LogP contribution is 2.22. The molecule has 0 saturated carbocycles. The van der Waals surface area contributed by atoms with Gasteiger partial charge in [0.1, 0.15) is 5.75 Å². The number of nitro benzene ring substituents is 1. The summed E-state index contributed by atoms with van der Waals surface area (Å²) in [5, 5.41) is 23.5. The van der Waals surface area contributed by atoms with Crippen LogP contribution in [0, 0.1) is 10.1 Å². The molecule has 0 amide bonds. The lowest BCUT2D eigenvalue weighted by atomic mass is 10.0. The standard InChI is InChI=1S/C16H18N2O3/c1-2-16(13-4-3-5-14(10-13)18(20)21)17-11-12-6-8-15(19)9-7-12/h3-10,16-17,19H,2,11H2,1H3. The van der Waals surface area contributed by atoms with Crippen LogP contribution in [-0.4, -0.2) is 10.0 Å². The van der Waals surface area contributed by atoms with Crippen molar-refractivity contribution < 1.29 is 10.0 Å². The molecule has 0 aliphatic carbocycles. The summed E-state index contributed by atoms with van der Waals surface area (Å²) in [6, 6.07) is 13.7. The summed E-state index contributed by atoms with van der Waals surface area (Å²) in [4.78, 5) is 10.5. The van der Waals surface area contributed by atoms with Crippen molar-refractivity contribution in [1.29, 1.82) is 0 Å². The summed E-state index contributed by atoms with van der Waals surface area (Å²) in [5.41, 5.74) is 2.07. The van der Waals surface area contributed by atoms with Gasteiger partial charge in [0.25, 0.3) is 5.69 Å². The van der Waals surface area contributed by atoms with Gasteiger partial charge in [0.05, 0.1) is 4.92 Å². The molecule has 110 valence electrons. The van der Waals surface area contributed by atoms with Crippen molar-refractivity contribution in [3.8, 4) is 5.75 Å². The van der Waals surface area contributed by atoms with E-state index in [4.69, 9.17) is 0 Å². The van der Waals surface area contributed by atoms with Crippen LogP contribution in [0.5, 0.6) is 5.75 Å². The Hall–Kier alpha value is -2.40. The van der Waals surface area contributed by atoms with Crippen molar-refractivity contribution in [3.63, 3.8) is 0 Å². The average Bonchev–Trinajstić information content (AvgIpc) is 2.50. The highest BCUT2D eigenvalue weighted by molar-refractivity contribution is 5.36. The van der Waals surface area contributed by atoms with Crippen molar-refractivity contribution in [3.05, 3.63) is 69.8 Å². The fourth-order valence-corrected chi connectivity index (χ4v) is 2.21. The minimum Gasteiger partial charge on any atom is -0.508 e. The Bertz CT molecular complexity index is 611. The maximum Gasteiger partial charge on any atom is 0.269 e. The maximum absolute atomic E-state index is 10.8. The lowest BCUT2D eigenvalue weighted by Crippen LogP contribution is -2.20. The fraction of sp³-hybridized carbons (Fsp3) is 0.250. The van der Waals surface area contributed by atoms with Crippen LogP contribution in [0.15, 0.2) is 48.5 Å². The van der Waals surface area contributed by atoms with Crippen LogP contribution in [-0.2, 0) is 6.54 Å². The van der Waals surface area contributed by atoms with E-state index in [2.05, 4.69) is 5.32 Å². The van der Waals surface area contributed by atoms with Crippen LogP contribution in [0.4, 0.5) is 5.69 Å². The van der Waals surface area contributed by atoms with Crippen molar-refractivity contribution in [2.24, 2.45) is 0 Å². The lowest BCUT2D eigenvalue weighted by Gasteiger charge is -2.17. The maximum atomic E-state index is 10.8. The van der Waals surface area contributed by atoms with Gasteiger partial charge in [-0.25, -0.2) is 0 Å². The number of phenolic OH excluding ortho intramolecular Hbond substituents is 1. The normalized spacial score (nSPS) is 12.0. The summed E-state index contributed by atoms with van der Waals surface area (Å²) in [5.74, 6) is 0.240. The van der Waals surface area contributed by atoms with E-state index in [1.165, 1.54) is 6.07 Å². The summed E-state index contributed by atoms with van der Waals surface area (Å²) < 4.78 is 0. The molecule has 0 fully saturated rings. The molecule has 0 saturated heterocycles. The molecule has 21 heavy (non-hydrogen) atoms. The molecule has 1 unspecified atom stereocenters. The van der Waals surface area contributed by atoms with Crippen LogP contribution in [0.1, 0.15) is 30.5 Å². The molecule has 2 aromatic carbocycles. The molecule has 0 bridgehead atoms. The predicted octanol–water partition coefficient (Wildman–Crippen LogP) is 3.54. The molecular weight excluding hydrogens is 268 g/mol. The Kier molecular flexibility index (Phi) is 4.90. The van der Waals surface area contributed by atoms with Crippen molar-refractivity contribution in [2.75, 3.05) is 0 Å². The van der Waals surface area contributed by atoms with Gasteiger partial charge in [-0.05, 0) is 29.7 Å². The second-order valence-corrected chi connectivity index (χ2v) is 4.86. The third-order valence-electron chi connectivity index (χ3n) is 3.38. The van der Waals surface area contributed by atoms with Gasteiger partial charge >= 0.3 is 0 Å². The third kappa shape index (κ3) is 4.03. The molecule has 2 rings (SSSR count). The predicted molar refractivity (Wildman–Crippen MR) is 81.1 cm³/mol. The second kappa shape index (κ2) is 6.85. The fourth-order valence-electron chi connectivity index (χ4n) is 2.21. The number of hydrogen-bond acceptors (Lipinski definition) is 4. The number of nitrogens with zero attached hydrogens (tertiary/aromatic N) is 1. The van der Waals surface area contributed by atoms with Crippen LogP contribution in [0.3, 0.4) is 0 Å². The van der Waals surface area contributed by atoms with Gasteiger partial charge in [0.2, 0.25) is 0 Å². The number of hydrogen-bond donors (Lipinski definition) is 2. The smallest absolute Gasteiger partial charge is 0.269 e. The van der Waals surface area contributed by atoms with E-state index in [0.29, 0.717) is 6.54 Å². The number of benzene rings is 2. The number of rotatable bonds is 6. The second-order valence-electron chi connectivity index (χ2n) is 4.86.